The van der Waals surface area contributed by atoms with E-state index in [1.54, 1.807) is 41.7 Å². The Morgan fingerprint density at radius 1 is 0.910 bits per heavy atom. The van der Waals surface area contributed by atoms with Gasteiger partial charge in [-0.1, -0.05) is 37.3 Å². The molecule has 0 bridgehead atoms. The van der Waals surface area contributed by atoms with Crippen molar-refractivity contribution in [1.82, 2.24) is 25.1 Å². The summed E-state index contributed by atoms with van der Waals surface area (Å²) in [5.74, 6) is 1.82. The fourth-order valence-corrected chi connectivity index (χ4v) is 8.71. The van der Waals surface area contributed by atoms with Crippen molar-refractivity contribution in [3.05, 3.63) is 88.7 Å². The molecule has 2 aliphatic rings. The number of amides is 3. The zero-order chi connectivity index (χ0) is 48.3. The molecule has 4 aromatic rings. The van der Waals surface area contributed by atoms with Gasteiger partial charge in [-0.05, 0) is 120 Å². The van der Waals surface area contributed by atoms with E-state index in [9.17, 15) is 27.6 Å². The van der Waals surface area contributed by atoms with Crippen LogP contribution in [0.15, 0.2) is 60.7 Å². The van der Waals surface area contributed by atoms with Gasteiger partial charge >= 0.3 is 18.4 Å². The molecule has 1 saturated carbocycles. The maximum Gasteiger partial charge on any atom is 0.416 e. The molecule has 364 valence electrons. The Hall–Kier alpha value is -5.68. The maximum atomic E-state index is 14.1. The molecule has 1 aromatic heterocycles. The number of hydrogen-bond donors (Lipinski definition) is 3. The zero-order valence-electron chi connectivity index (χ0n) is 39.8. The van der Waals surface area contributed by atoms with E-state index in [2.05, 4.69) is 37.7 Å². The third-order valence-electron chi connectivity index (χ3n) is 12.3. The van der Waals surface area contributed by atoms with Gasteiger partial charge in [0.1, 0.15) is 29.6 Å². The number of methoxy groups -OCH3 is 1. The van der Waals surface area contributed by atoms with Crippen LogP contribution in [0.2, 0.25) is 0 Å². The highest BCUT2D eigenvalue weighted by molar-refractivity contribution is 5.91. The number of hydrogen-bond acceptors (Lipinski definition) is 11. The van der Waals surface area contributed by atoms with Crippen LogP contribution in [0.3, 0.4) is 0 Å². The molecule has 14 nitrogen and oxygen atoms in total. The van der Waals surface area contributed by atoms with Crippen molar-refractivity contribution in [3.8, 4) is 5.75 Å². The molecule has 17 heteroatoms. The fourth-order valence-electron chi connectivity index (χ4n) is 8.71. The lowest BCUT2D eigenvalue weighted by Crippen LogP contribution is -2.51. The molecule has 3 aromatic carbocycles. The van der Waals surface area contributed by atoms with Crippen molar-refractivity contribution < 1.29 is 46.5 Å². The number of halogens is 3. The third-order valence-corrected chi connectivity index (χ3v) is 12.3. The van der Waals surface area contributed by atoms with Gasteiger partial charge in [0, 0.05) is 62.3 Å². The molecule has 2 heterocycles. The van der Waals surface area contributed by atoms with Crippen LogP contribution >= 0.6 is 0 Å². The molecule has 0 radical (unpaired) electrons. The van der Waals surface area contributed by atoms with Crippen molar-refractivity contribution in [2.24, 2.45) is 5.92 Å². The second-order valence-electron chi connectivity index (χ2n) is 18.5. The number of carbonyl (C=O) groups is 3. The minimum absolute atomic E-state index is 0.0198. The summed E-state index contributed by atoms with van der Waals surface area (Å²) in [7, 11) is 1.62. The van der Waals surface area contributed by atoms with E-state index < -0.39 is 35.6 Å². The smallest absolute Gasteiger partial charge is 0.416 e. The molecular formula is C50H66F3N7O7. The minimum atomic E-state index is -4.66. The van der Waals surface area contributed by atoms with Gasteiger partial charge in [0.25, 0.3) is 0 Å². The van der Waals surface area contributed by atoms with E-state index in [1.165, 1.54) is 6.07 Å². The van der Waals surface area contributed by atoms with E-state index in [1.807, 2.05) is 47.4 Å². The topological polar surface area (TPSA) is 156 Å². The predicted octanol–water partition coefficient (Wildman–Crippen LogP) is 10.0. The second-order valence-corrected chi connectivity index (χ2v) is 18.5. The predicted molar refractivity (Wildman–Crippen MR) is 251 cm³/mol. The monoisotopic (exact) mass is 933 g/mol. The van der Waals surface area contributed by atoms with Crippen molar-refractivity contribution in [2.75, 3.05) is 63.6 Å². The Bertz CT molecular complexity index is 2290. The number of carbonyl (C=O) groups excluding carboxylic acids is 3. The summed E-state index contributed by atoms with van der Waals surface area (Å²) in [6.07, 6.45) is -1.41. The highest BCUT2D eigenvalue weighted by atomic mass is 19.4. The maximum absolute atomic E-state index is 14.1. The van der Waals surface area contributed by atoms with Crippen molar-refractivity contribution in [2.45, 2.75) is 117 Å². The molecule has 1 aliphatic heterocycles. The first-order valence-corrected chi connectivity index (χ1v) is 23.3. The average Bonchev–Trinajstić information content (AvgIpc) is 3.29. The van der Waals surface area contributed by atoms with Crippen LogP contribution in [-0.4, -0.2) is 103 Å². The molecule has 1 unspecified atom stereocenters. The summed E-state index contributed by atoms with van der Waals surface area (Å²) in [6.45, 7) is 15.5. The molecular weight excluding hydrogens is 868 g/mol. The van der Waals surface area contributed by atoms with Gasteiger partial charge in [0.2, 0.25) is 5.91 Å². The number of anilines is 2. The van der Waals surface area contributed by atoms with Crippen LogP contribution < -0.4 is 20.7 Å². The Morgan fingerprint density at radius 3 is 2.28 bits per heavy atom. The summed E-state index contributed by atoms with van der Waals surface area (Å²) < 4.78 is 64.9. The lowest BCUT2D eigenvalue weighted by Gasteiger charge is -2.38. The molecule has 3 amide bonds. The van der Waals surface area contributed by atoms with E-state index in [-0.39, 0.29) is 41.7 Å². The second kappa shape index (κ2) is 22.9. The SMILES string of the molecule is CCC(CCNC(=O)OCc1ccccc1)OCCN1CCN(C(=O)C2CCC(c3cc4c(N[C@H](C)c5cc(NC(=O)OC(C)(C)C)cc(C(F)(F)F)c5)nc(C)nc4cc3OC)CC2)CC1. The lowest BCUT2D eigenvalue weighted by molar-refractivity contribution is -0.139. The number of fused-ring (bicyclic) bond motifs is 1. The van der Waals surface area contributed by atoms with Crippen LogP contribution in [-0.2, 0) is 31.8 Å². The van der Waals surface area contributed by atoms with Crippen LogP contribution in [0.4, 0.5) is 34.3 Å². The van der Waals surface area contributed by atoms with E-state index >= 15 is 0 Å². The van der Waals surface area contributed by atoms with Gasteiger partial charge in [-0.25, -0.2) is 19.6 Å². The lowest BCUT2D eigenvalue weighted by atomic mass is 9.77. The summed E-state index contributed by atoms with van der Waals surface area (Å²) in [5, 5.41) is 9.27. The van der Waals surface area contributed by atoms with Crippen molar-refractivity contribution >= 4 is 40.5 Å². The highest BCUT2D eigenvalue weighted by Crippen LogP contribution is 2.43. The Labute approximate surface area is 391 Å². The van der Waals surface area contributed by atoms with Crippen molar-refractivity contribution in [1.29, 1.82) is 0 Å². The number of alkyl carbamates (subject to hydrolysis) is 1. The van der Waals surface area contributed by atoms with Gasteiger partial charge in [-0.2, -0.15) is 13.2 Å². The zero-order valence-corrected chi connectivity index (χ0v) is 39.8. The Balaban J connectivity index is 1.00. The number of rotatable bonds is 17. The first-order valence-electron chi connectivity index (χ1n) is 23.3. The van der Waals surface area contributed by atoms with Gasteiger partial charge in [-0.15, -0.1) is 0 Å². The quantitative estimate of drug-likeness (QED) is 0.0926. The van der Waals surface area contributed by atoms with Gasteiger partial charge in [-0.3, -0.25) is 15.0 Å². The van der Waals surface area contributed by atoms with Gasteiger partial charge < -0.3 is 34.5 Å². The number of nitrogens with one attached hydrogen (secondary N) is 3. The van der Waals surface area contributed by atoms with Crippen molar-refractivity contribution in [3.63, 3.8) is 0 Å². The average molecular weight is 934 g/mol. The van der Waals surface area contributed by atoms with Crippen LogP contribution in [0, 0.1) is 12.8 Å². The third kappa shape index (κ3) is 14.7. The largest absolute Gasteiger partial charge is 0.496 e. The number of nitrogens with zero attached hydrogens (tertiary/aromatic N) is 4. The number of benzene rings is 3. The molecule has 6 rings (SSSR count). The van der Waals surface area contributed by atoms with E-state index in [0.717, 1.165) is 75.0 Å². The number of piperazine rings is 1. The molecule has 1 aliphatic carbocycles. The first-order chi connectivity index (χ1) is 31.9. The fraction of sp³-hybridized carbons (Fsp3) is 0.540. The first kappa shape index (κ1) is 50.7. The number of aryl methyl sites for hydroxylation is 1. The molecule has 3 N–H and O–H groups in total. The summed E-state index contributed by atoms with van der Waals surface area (Å²) >= 11 is 0. The van der Waals surface area contributed by atoms with Gasteiger partial charge in [0.15, 0.2) is 0 Å². The van der Waals surface area contributed by atoms with E-state index in [4.69, 9.17) is 18.9 Å². The Morgan fingerprint density at radius 2 is 1.63 bits per heavy atom. The number of ether oxygens (including phenoxy) is 4. The normalized spacial score (nSPS) is 17.9. The molecule has 67 heavy (non-hydrogen) atoms. The molecule has 1 saturated heterocycles. The Kier molecular flexibility index (Phi) is 17.3. The van der Waals surface area contributed by atoms with Crippen LogP contribution in [0.5, 0.6) is 5.75 Å². The summed E-state index contributed by atoms with van der Waals surface area (Å²) in [5.41, 5.74) is 0.985. The number of alkyl halides is 3. The molecule has 2 atom stereocenters. The highest BCUT2D eigenvalue weighted by Gasteiger charge is 2.34. The molecule has 2 fully saturated rings. The van der Waals surface area contributed by atoms with Crippen LogP contribution in [0.25, 0.3) is 10.9 Å². The summed E-state index contributed by atoms with van der Waals surface area (Å²) in [6, 6.07) is 16.2. The molecule has 0 spiro atoms. The summed E-state index contributed by atoms with van der Waals surface area (Å²) in [4.78, 5) is 52.1. The standard InChI is InChI=1S/C50H66F3N7O7/c1-8-40(18-19-54-47(62)66-31-34-12-10-9-11-13-34)65-25-24-59-20-22-60(23-21-59)46(61)36-16-14-35(15-17-36)41-29-42-43(30-44(41)64-7)56-33(3)57-45(42)55-32(2)37-26-38(50(51,52)53)28-39(27-37)58-48(63)67-49(4,5)6/h9-13,26-30,32,35-36,40H,8,14-25,31H2,1-7H3,(H,54,62)(H,58,63)(H,55,56,57)/t32-,35?,36?,40?/m1/s1. The van der Waals surface area contributed by atoms with Gasteiger partial charge in [0.05, 0.1) is 36.9 Å². The number of aromatic nitrogens is 2. The van der Waals surface area contributed by atoms with E-state index in [0.29, 0.717) is 61.0 Å². The van der Waals surface area contributed by atoms with Crippen LogP contribution in [0.1, 0.15) is 113 Å². The minimum Gasteiger partial charge on any atom is -0.496 e.